The molecule has 2 N–H and O–H groups in total. The molecule has 1 aromatic carbocycles. The second-order valence-electron chi connectivity index (χ2n) is 6.55. The van der Waals surface area contributed by atoms with Gasteiger partial charge in [-0.05, 0) is 45.7 Å². The van der Waals surface area contributed by atoms with Gasteiger partial charge in [-0.2, -0.15) is 0 Å². The maximum absolute atomic E-state index is 11.6. The number of alkyl carbamates (subject to hydrolysis) is 2. The number of benzene rings is 1. The first-order valence-corrected chi connectivity index (χ1v) is 7.63. The third kappa shape index (κ3) is 8.70. The van der Waals surface area contributed by atoms with Gasteiger partial charge in [-0.15, -0.1) is 0 Å². The first kappa shape index (κ1) is 18.8. The van der Waals surface area contributed by atoms with Crippen molar-refractivity contribution in [3.8, 4) is 0 Å². The van der Waals surface area contributed by atoms with Gasteiger partial charge in [-0.1, -0.05) is 24.3 Å². The second-order valence-corrected chi connectivity index (χ2v) is 6.55. The highest BCUT2D eigenvalue weighted by atomic mass is 16.6. The summed E-state index contributed by atoms with van der Waals surface area (Å²) < 4.78 is 10.3. The maximum atomic E-state index is 11.6. The predicted molar refractivity (Wildman–Crippen MR) is 88.0 cm³/mol. The third-order valence-electron chi connectivity index (χ3n) is 2.64. The van der Waals surface area contributed by atoms with Crippen molar-refractivity contribution < 1.29 is 19.1 Å². The van der Waals surface area contributed by atoms with Crippen LogP contribution in [-0.2, 0) is 22.6 Å². The molecular formula is C17H26N2O4. The van der Waals surface area contributed by atoms with E-state index in [0.717, 1.165) is 11.1 Å². The van der Waals surface area contributed by atoms with Crippen LogP contribution in [-0.4, -0.2) is 23.8 Å². The fourth-order valence-corrected chi connectivity index (χ4v) is 1.67. The number of rotatable bonds is 5. The Hall–Kier alpha value is -2.24. The van der Waals surface area contributed by atoms with Crippen LogP contribution in [0.4, 0.5) is 9.59 Å². The van der Waals surface area contributed by atoms with Crippen molar-refractivity contribution >= 4 is 12.2 Å². The minimum absolute atomic E-state index is 0.0452. The zero-order chi connectivity index (χ0) is 17.5. The van der Waals surface area contributed by atoms with Crippen LogP contribution in [0.2, 0.25) is 0 Å². The molecule has 1 rings (SSSR count). The fourth-order valence-electron chi connectivity index (χ4n) is 1.67. The van der Waals surface area contributed by atoms with Gasteiger partial charge < -0.3 is 20.1 Å². The van der Waals surface area contributed by atoms with Crippen molar-refractivity contribution in [2.75, 3.05) is 0 Å². The molecule has 0 radical (unpaired) electrons. The van der Waals surface area contributed by atoms with Crippen LogP contribution < -0.4 is 10.6 Å². The molecule has 6 nitrogen and oxygen atoms in total. The molecule has 23 heavy (non-hydrogen) atoms. The van der Waals surface area contributed by atoms with Gasteiger partial charge in [-0.25, -0.2) is 9.59 Å². The minimum atomic E-state index is -0.512. The molecule has 0 spiro atoms. The molecule has 0 aliphatic rings. The van der Waals surface area contributed by atoms with Crippen LogP contribution in [0, 0.1) is 0 Å². The Balaban J connectivity index is 2.39. The molecule has 128 valence electrons. The van der Waals surface area contributed by atoms with Gasteiger partial charge in [0.25, 0.3) is 0 Å². The number of ether oxygens (including phenoxy) is 2. The largest absolute Gasteiger partial charge is 0.445 e. The molecule has 0 unspecified atom stereocenters. The van der Waals surface area contributed by atoms with Gasteiger partial charge in [-0.3, -0.25) is 0 Å². The average Bonchev–Trinajstić information content (AvgIpc) is 2.41. The molecule has 6 heteroatoms. The normalized spacial score (nSPS) is 11.0. The fraction of sp³-hybridized carbons (Fsp3) is 0.529. The summed E-state index contributed by atoms with van der Waals surface area (Å²) >= 11 is 0. The highest BCUT2D eigenvalue weighted by Gasteiger charge is 2.15. The Kier molecular flexibility index (Phi) is 6.88. The minimum Gasteiger partial charge on any atom is -0.445 e. The molecule has 0 heterocycles. The van der Waals surface area contributed by atoms with E-state index in [4.69, 9.17) is 9.47 Å². The summed E-state index contributed by atoms with van der Waals surface area (Å²) in [6.07, 6.45) is -0.883. The van der Waals surface area contributed by atoms with E-state index in [1.165, 1.54) is 0 Å². The van der Waals surface area contributed by atoms with Crippen molar-refractivity contribution in [1.29, 1.82) is 0 Å². The Morgan fingerprint density at radius 3 is 2.13 bits per heavy atom. The van der Waals surface area contributed by atoms with E-state index >= 15 is 0 Å². The molecule has 0 saturated carbocycles. The molecule has 0 aromatic heterocycles. The van der Waals surface area contributed by atoms with Crippen molar-refractivity contribution in [1.82, 2.24) is 10.6 Å². The van der Waals surface area contributed by atoms with Crippen molar-refractivity contribution in [3.05, 3.63) is 35.4 Å². The highest BCUT2D eigenvalue weighted by Crippen LogP contribution is 2.08. The lowest BCUT2D eigenvalue weighted by Gasteiger charge is -2.19. The summed E-state index contributed by atoms with van der Waals surface area (Å²) in [5.74, 6) is 0. The summed E-state index contributed by atoms with van der Waals surface area (Å²) in [5.41, 5.74) is 1.30. The van der Waals surface area contributed by atoms with E-state index in [1.807, 2.05) is 58.9 Å². The van der Waals surface area contributed by atoms with Gasteiger partial charge in [0.2, 0.25) is 0 Å². The molecule has 0 fully saturated rings. The number of hydrogen-bond acceptors (Lipinski definition) is 4. The third-order valence-corrected chi connectivity index (χ3v) is 2.64. The summed E-state index contributed by atoms with van der Waals surface area (Å²) in [6.45, 7) is 9.77. The quantitative estimate of drug-likeness (QED) is 0.871. The molecule has 0 bridgehead atoms. The van der Waals surface area contributed by atoms with Crippen molar-refractivity contribution in [2.24, 2.45) is 0 Å². The highest BCUT2D eigenvalue weighted by molar-refractivity contribution is 5.68. The number of nitrogens with one attached hydrogen (secondary N) is 2. The zero-order valence-electron chi connectivity index (χ0n) is 14.4. The van der Waals surface area contributed by atoms with Crippen LogP contribution in [0.15, 0.2) is 24.3 Å². The predicted octanol–water partition coefficient (Wildman–Crippen LogP) is 3.35. The molecule has 0 aliphatic heterocycles. The molecule has 0 saturated heterocycles. The van der Waals surface area contributed by atoms with Gasteiger partial charge in [0.1, 0.15) is 12.2 Å². The average molecular weight is 322 g/mol. The summed E-state index contributed by atoms with van der Waals surface area (Å²) in [7, 11) is 0. The van der Waals surface area contributed by atoms with E-state index in [0.29, 0.717) is 6.54 Å². The number of carbonyl (C=O) groups is 2. The van der Waals surface area contributed by atoms with Crippen LogP contribution in [0.1, 0.15) is 45.7 Å². The Labute approximate surface area is 137 Å². The standard InChI is InChI=1S/C17H26N2O4/c1-12(2)19-16(21)22-11-14-8-6-13(7-9-14)10-18-15(20)23-17(3,4)5/h6-9,12H,10-11H2,1-5H3,(H,18,20)(H,19,21). The summed E-state index contributed by atoms with van der Waals surface area (Å²) in [5, 5.41) is 5.34. The lowest BCUT2D eigenvalue weighted by atomic mass is 10.1. The van der Waals surface area contributed by atoms with Crippen molar-refractivity contribution in [3.63, 3.8) is 0 Å². The molecule has 0 aliphatic carbocycles. The summed E-state index contributed by atoms with van der Waals surface area (Å²) in [4.78, 5) is 23.0. The molecular weight excluding hydrogens is 296 g/mol. The van der Waals surface area contributed by atoms with E-state index in [-0.39, 0.29) is 12.6 Å². The SMILES string of the molecule is CC(C)NC(=O)OCc1ccc(CNC(=O)OC(C)(C)C)cc1. The second kappa shape index (κ2) is 8.41. The topological polar surface area (TPSA) is 76.7 Å². The molecule has 1 aromatic rings. The van der Waals surface area contributed by atoms with Gasteiger partial charge in [0.05, 0.1) is 0 Å². The maximum Gasteiger partial charge on any atom is 0.407 e. The van der Waals surface area contributed by atoms with E-state index < -0.39 is 17.8 Å². The lowest BCUT2D eigenvalue weighted by Crippen LogP contribution is -2.32. The van der Waals surface area contributed by atoms with Crippen molar-refractivity contribution in [2.45, 2.75) is 59.4 Å². The number of carbonyl (C=O) groups excluding carboxylic acids is 2. The zero-order valence-corrected chi connectivity index (χ0v) is 14.4. The van der Waals surface area contributed by atoms with Crippen LogP contribution >= 0.6 is 0 Å². The van der Waals surface area contributed by atoms with Crippen LogP contribution in [0.25, 0.3) is 0 Å². The van der Waals surface area contributed by atoms with E-state index in [1.54, 1.807) is 0 Å². The van der Waals surface area contributed by atoms with Gasteiger partial charge in [0.15, 0.2) is 0 Å². The van der Waals surface area contributed by atoms with Gasteiger partial charge >= 0.3 is 12.2 Å². The van der Waals surface area contributed by atoms with Gasteiger partial charge in [0, 0.05) is 12.6 Å². The monoisotopic (exact) mass is 322 g/mol. The Bertz CT molecular complexity index is 518. The summed E-state index contributed by atoms with van der Waals surface area (Å²) in [6, 6.07) is 7.50. The molecule has 2 amide bonds. The number of hydrogen-bond donors (Lipinski definition) is 2. The lowest BCUT2D eigenvalue weighted by molar-refractivity contribution is 0.0523. The first-order valence-electron chi connectivity index (χ1n) is 7.63. The van der Waals surface area contributed by atoms with Crippen LogP contribution in [0.5, 0.6) is 0 Å². The Morgan fingerprint density at radius 2 is 1.61 bits per heavy atom. The van der Waals surface area contributed by atoms with Crippen LogP contribution in [0.3, 0.4) is 0 Å². The van der Waals surface area contributed by atoms with E-state index in [9.17, 15) is 9.59 Å². The van der Waals surface area contributed by atoms with E-state index in [2.05, 4.69) is 10.6 Å². The number of amides is 2. The Morgan fingerprint density at radius 1 is 1.04 bits per heavy atom. The smallest absolute Gasteiger partial charge is 0.407 e. The molecule has 0 atom stereocenters. The first-order chi connectivity index (χ1) is 10.7.